The molecule has 2 fully saturated rings. The van der Waals surface area contributed by atoms with E-state index in [-0.39, 0.29) is 56.9 Å². The van der Waals surface area contributed by atoms with Crippen LogP contribution in [0.25, 0.3) is 0 Å². The molecule has 0 atom stereocenters. The van der Waals surface area contributed by atoms with Gasteiger partial charge in [-0.25, -0.2) is 13.6 Å². The first-order valence-electron chi connectivity index (χ1n) is 10.9. The maximum atomic E-state index is 13.1. The predicted octanol–water partition coefficient (Wildman–Crippen LogP) is 2.88. The molecule has 3 N–H and O–H groups in total. The topological polar surface area (TPSA) is 108 Å². The maximum absolute atomic E-state index is 13.1. The number of carbonyl (C=O) groups excluding carboxylic acids is 2. The lowest BCUT2D eigenvalue weighted by atomic mass is 9.87. The van der Waals surface area contributed by atoms with E-state index in [0.29, 0.717) is 37.0 Å². The number of halogens is 2. The fraction of sp³-hybridized carbons (Fsp3) is 0.591. The molecule has 32 heavy (non-hydrogen) atoms. The van der Waals surface area contributed by atoms with Gasteiger partial charge in [-0.05, 0) is 49.9 Å². The molecule has 1 aliphatic heterocycles. The summed E-state index contributed by atoms with van der Waals surface area (Å²) < 4.78 is 32.2. The molecule has 0 aromatic heterocycles. The van der Waals surface area contributed by atoms with Crippen molar-refractivity contribution in [3.63, 3.8) is 0 Å². The fourth-order valence-electron chi connectivity index (χ4n) is 3.90. The summed E-state index contributed by atoms with van der Waals surface area (Å²) in [6.45, 7) is 0.429. The Kier molecular flexibility index (Phi) is 7.87. The van der Waals surface area contributed by atoms with E-state index in [1.165, 1.54) is 4.90 Å². The van der Waals surface area contributed by atoms with E-state index in [2.05, 4.69) is 10.6 Å². The molecule has 1 saturated carbocycles. The van der Waals surface area contributed by atoms with Gasteiger partial charge in [0.15, 0.2) is 0 Å². The number of aliphatic carboxylic acids is 1. The van der Waals surface area contributed by atoms with Crippen molar-refractivity contribution >= 4 is 17.9 Å². The minimum atomic E-state index is -2.70. The van der Waals surface area contributed by atoms with E-state index in [9.17, 15) is 23.2 Å². The third-order valence-electron chi connectivity index (χ3n) is 5.91. The van der Waals surface area contributed by atoms with Crippen LogP contribution in [-0.2, 0) is 4.79 Å². The van der Waals surface area contributed by atoms with Crippen LogP contribution in [0.2, 0.25) is 0 Å². The van der Waals surface area contributed by atoms with E-state index >= 15 is 0 Å². The quantitative estimate of drug-likeness (QED) is 0.551. The number of rotatable bonds is 7. The Morgan fingerprint density at radius 3 is 2.19 bits per heavy atom. The van der Waals surface area contributed by atoms with Gasteiger partial charge in [0.1, 0.15) is 5.75 Å². The first-order chi connectivity index (χ1) is 15.2. The average Bonchev–Trinajstić information content (AvgIpc) is 2.77. The van der Waals surface area contributed by atoms with Crippen LogP contribution in [0.5, 0.6) is 5.75 Å². The molecule has 1 aliphatic carbocycles. The number of hydrogen-bond donors (Lipinski definition) is 3. The minimum absolute atomic E-state index is 0.0145. The second-order valence-electron chi connectivity index (χ2n) is 8.28. The summed E-state index contributed by atoms with van der Waals surface area (Å²) in [7, 11) is 0. The molecule has 0 bridgehead atoms. The van der Waals surface area contributed by atoms with Gasteiger partial charge in [-0.3, -0.25) is 9.59 Å². The number of urea groups is 1. The van der Waals surface area contributed by atoms with E-state index in [1.54, 1.807) is 24.3 Å². The van der Waals surface area contributed by atoms with Crippen LogP contribution >= 0.6 is 0 Å². The summed E-state index contributed by atoms with van der Waals surface area (Å²) in [4.78, 5) is 36.6. The second-order valence-corrected chi connectivity index (χ2v) is 8.28. The zero-order valence-electron chi connectivity index (χ0n) is 17.8. The van der Waals surface area contributed by atoms with Gasteiger partial charge in [0.2, 0.25) is 0 Å². The SMILES string of the molecule is O=C(NCCNC(=O)N1CCC(F)(F)CC1)c1ccc(OC2CCC(C(=O)O)CC2)cc1. The highest BCUT2D eigenvalue weighted by atomic mass is 19.3. The van der Waals surface area contributed by atoms with Gasteiger partial charge in [-0.2, -0.15) is 0 Å². The van der Waals surface area contributed by atoms with Crippen molar-refractivity contribution in [3.05, 3.63) is 29.8 Å². The largest absolute Gasteiger partial charge is 0.490 e. The number of carboxylic acid groups (broad SMARTS) is 1. The Balaban J connectivity index is 1.34. The second kappa shape index (κ2) is 10.6. The van der Waals surface area contributed by atoms with Crippen molar-refractivity contribution in [3.8, 4) is 5.75 Å². The van der Waals surface area contributed by atoms with Gasteiger partial charge in [-0.1, -0.05) is 0 Å². The maximum Gasteiger partial charge on any atom is 0.317 e. The van der Waals surface area contributed by atoms with Crippen LogP contribution in [-0.4, -0.2) is 66.1 Å². The number of piperidine rings is 1. The molecule has 8 nitrogen and oxygen atoms in total. The summed E-state index contributed by atoms with van der Waals surface area (Å²) in [5, 5.41) is 14.4. The molecule has 176 valence electrons. The molecule has 1 heterocycles. The molecule has 1 saturated heterocycles. The van der Waals surface area contributed by atoms with Crippen molar-refractivity contribution < 1.29 is 33.0 Å². The van der Waals surface area contributed by atoms with Gasteiger partial charge < -0.3 is 25.4 Å². The lowest BCUT2D eigenvalue weighted by Gasteiger charge is -2.31. The standard InChI is InChI=1S/C22H29F2N3O5/c23-22(24)9-13-27(14-10-22)21(31)26-12-11-25-19(28)15-1-5-17(6-2-15)32-18-7-3-16(4-8-18)20(29)30/h1-2,5-6,16,18H,3-4,7-14H2,(H,25,28)(H,26,31)(H,29,30). The van der Waals surface area contributed by atoms with Crippen LogP contribution in [0, 0.1) is 5.92 Å². The number of carboxylic acids is 1. The Bertz CT molecular complexity index is 800. The van der Waals surface area contributed by atoms with Gasteiger partial charge >= 0.3 is 12.0 Å². The molecule has 2 aliphatic rings. The molecule has 1 aromatic rings. The Morgan fingerprint density at radius 2 is 1.59 bits per heavy atom. The molecular formula is C22H29F2N3O5. The van der Waals surface area contributed by atoms with Crippen molar-refractivity contribution in [1.82, 2.24) is 15.5 Å². The number of hydrogen-bond acceptors (Lipinski definition) is 4. The summed E-state index contributed by atoms with van der Waals surface area (Å²) in [5.41, 5.74) is 0.441. The molecule has 3 amide bonds. The first kappa shape index (κ1) is 23.7. The number of nitrogens with one attached hydrogen (secondary N) is 2. The molecule has 3 rings (SSSR count). The van der Waals surface area contributed by atoms with Crippen LogP contribution < -0.4 is 15.4 Å². The average molecular weight is 453 g/mol. The Hall–Kier alpha value is -2.91. The highest BCUT2D eigenvalue weighted by Crippen LogP contribution is 2.28. The van der Waals surface area contributed by atoms with E-state index in [0.717, 1.165) is 0 Å². The zero-order chi connectivity index (χ0) is 23.1. The third-order valence-corrected chi connectivity index (χ3v) is 5.91. The predicted molar refractivity (Wildman–Crippen MR) is 112 cm³/mol. The molecule has 0 spiro atoms. The number of benzene rings is 1. The van der Waals surface area contributed by atoms with Gasteiger partial charge in [0.05, 0.1) is 12.0 Å². The van der Waals surface area contributed by atoms with E-state index in [1.807, 2.05) is 0 Å². The fourth-order valence-corrected chi connectivity index (χ4v) is 3.90. The Morgan fingerprint density at radius 1 is 1.00 bits per heavy atom. The number of carbonyl (C=O) groups is 3. The van der Waals surface area contributed by atoms with Crippen molar-refractivity contribution in [2.45, 2.75) is 50.6 Å². The third kappa shape index (κ3) is 6.80. The summed E-state index contributed by atoms with van der Waals surface area (Å²) >= 11 is 0. The van der Waals surface area contributed by atoms with Crippen molar-refractivity contribution in [1.29, 1.82) is 0 Å². The number of amides is 3. The van der Waals surface area contributed by atoms with Gasteiger partial charge in [0.25, 0.3) is 11.8 Å². The number of ether oxygens (including phenoxy) is 1. The molecular weight excluding hydrogens is 424 g/mol. The van der Waals surface area contributed by atoms with E-state index < -0.39 is 17.9 Å². The van der Waals surface area contributed by atoms with Crippen molar-refractivity contribution in [2.24, 2.45) is 5.92 Å². The van der Waals surface area contributed by atoms with Crippen LogP contribution in [0.15, 0.2) is 24.3 Å². The van der Waals surface area contributed by atoms with Crippen LogP contribution in [0.4, 0.5) is 13.6 Å². The van der Waals surface area contributed by atoms with Crippen LogP contribution in [0.3, 0.4) is 0 Å². The summed E-state index contributed by atoms with van der Waals surface area (Å²) in [5.74, 6) is -3.43. The van der Waals surface area contributed by atoms with Gasteiger partial charge in [-0.15, -0.1) is 0 Å². The summed E-state index contributed by atoms with van der Waals surface area (Å²) in [6.07, 6.45) is 1.87. The zero-order valence-corrected chi connectivity index (χ0v) is 17.8. The highest BCUT2D eigenvalue weighted by Gasteiger charge is 2.35. The minimum Gasteiger partial charge on any atom is -0.490 e. The number of likely N-dealkylation sites (tertiary alicyclic amines) is 1. The monoisotopic (exact) mass is 453 g/mol. The van der Waals surface area contributed by atoms with Crippen LogP contribution in [0.1, 0.15) is 48.9 Å². The Labute approximate surface area is 185 Å². The number of nitrogens with zero attached hydrogens (tertiary/aromatic N) is 1. The highest BCUT2D eigenvalue weighted by molar-refractivity contribution is 5.94. The first-order valence-corrected chi connectivity index (χ1v) is 10.9. The smallest absolute Gasteiger partial charge is 0.317 e. The molecule has 1 aromatic carbocycles. The molecule has 0 radical (unpaired) electrons. The summed E-state index contributed by atoms with van der Waals surface area (Å²) in [6, 6.07) is 6.27. The molecule has 10 heteroatoms. The normalized spacial score (nSPS) is 22.6. The van der Waals surface area contributed by atoms with Gasteiger partial charge in [0, 0.05) is 44.6 Å². The van der Waals surface area contributed by atoms with Crippen molar-refractivity contribution in [2.75, 3.05) is 26.2 Å². The lowest BCUT2D eigenvalue weighted by molar-refractivity contribution is -0.143. The lowest BCUT2D eigenvalue weighted by Crippen LogP contribution is -2.48. The molecule has 0 unspecified atom stereocenters. The number of alkyl halides is 2. The van der Waals surface area contributed by atoms with E-state index in [4.69, 9.17) is 9.84 Å².